The Morgan fingerprint density at radius 2 is 2.03 bits per heavy atom. The van der Waals surface area contributed by atoms with Gasteiger partial charge in [0.2, 0.25) is 0 Å². The quantitative estimate of drug-likeness (QED) is 0.580. The monoisotopic (exact) mass is 394 g/mol. The first kappa shape index (κ1) is 18.0. The van der Waals surface area contributed by atoms with Crippen LogP contribution in [-0.4, -0.2) is 23.1 Å². The van der Waals surface area contributed by atoms with E-state index in [1.807, 2.05) is 18.2 Å². The first-order valence-corrected chi connectivity index (χ1v) is 9.94. The van der Waals surface area contributed by atoms with E-state index >= 15 is 0 Å². The highest BCUT2D eigenvalue weighted by Gasteiger charge is 2.54. The molecule has 7 heteroatoms. The summed E-state index contributed by atoms with van der Waals surface area (Å²) in [5.41, 5.74) is 2.75. The second kappa shape index (κ2) is 6.47. The van der Waals surface area contributed by atoms with Gasteiger partial charge in [-0.1, -0.05) is 18.2 Å². The van der Waals surface area contributed by atoms with Crippen molar-refractivity contribution in [1.82, 2.24) is 0 Å². The van der Waals surface area contributed by atoms with Crippen LogP contribution in [0.15, 0.2) is 36.4 Å². The van der Waals surface area contributed by atoms with Crippen molar-refractivity contribution in [2.24, 2.45) is 17.8 Å². The van der Waals surface area contributed by atoms with Gasteiger partial charge in [-0.3, -0.25) is 10.1 Å². The van der Waals surface area contributed by atoms with Crippen LogP contribution in [0.25, 0.3) is 0 Å². The fourth-order valence-electron chi connectivity index (χ4n) is 6.06. The molecule has 2 saturated carbocycles. The predicted molar refractivity (Wildman–Crippen MR) is 106 cm³/mol. The fraction of sp³-hybridized carbons (Fsp3) is 0.409. The van der Waals surface area contributed by atoms with Gasteiger partial charge < -0.3 is 15.2 Å². The van der Waals surface area contributed by atoms with Gasteiger partial charge in [0.1, 0.15) is 0 Å². The summed E-state index contributed by atoms with van der Waals surface area (Å²) in [6.45, 7) is 0. The molecule has 1 heterocycles. The Labute approximate surface area is 167 Å². The second-order valence-electron chi connectivity index (χ2n) is 8.32. The molecular weight excluding hydrogens is 372 g/mol. The number of hydrogen-bond acceptors (Lipinski definition) is 5. The molecule has 5 rings (SSSR count). The SMILES string of the molecule is COc1ccc([C@@H]2Nc3c(C(=O)O)cccc3[C@H]3[C@H]4CC[C@@H](C4)[C@@H]32)cc1[N+](=O)[O-]. The van der Waals surface area contributed by atoms with Gasteiger partial charge in [-0.2, -0.15) is 0 Å². The van der Waals surface area contributed by atoms with Crippen LogP contribution in [0.3, 0.4) is 0 Å². The summed E-state index contributed by atoms with van der Waals surface area (Å²) >= 11 is 0. The smallest absolute Gasteiger partial charge is 0.337 e. The summed E-state index contributed by atoms with van der Waals surface area (Å²) in [4.78, 5) is 23.0. The van der Waals surface area contributed by atoms with E-state index in [1.54, 1.807) is 18.2 Å². The van der Waals surface area contributed by atoms with Crippen LogP contribution < -0.4 is 10.1 Å². The van der Waals surface area contributed by atoms with Crippen molar-refractivity contribution >= 4 is 17.3 Å². The molecule has 150 valence electrons. The Balaban J connectivity index is 1.66. The van der Waals surface area contributed by atoms with E-state index in [-0.39, 0.29) is 29.0 Å². The normalized spacial score (nSPS) is 28.9. The van der Waals surface area contributed by atoms with Gasteiger partial charge in [0, 0.05) is 6.07 Å². The minimum absolute atomic E-state index is 0.0659. The largest absolute Gasteiger partial charge is 0.490 e. The molecule has 2 aliphatic carbocycles. The lowest BCUT2D eigenvalue weighted by Gasteiger charge is -2.44. The maximum absolute atomic E-state index is 11.8. The van der Waals surface area contributed by atoms with Crippen LogP contribution in [0.1, 0.15) is 52.7 Å². The number of methoxy groups -OCH3 is 1. The van der Waals surface area contributed by atoms with Crippen LogP contribution in [0.5, 0.6) is 5.75 Å². The maximum Gasteiger partial charge on any atom is 0.337 e. The number of benzene rings is 2. The number of carboxylic acids is 1. The number of hydrogen-bond donors (Lipinski definition) is 2. The predicted octanol–water partition coefficient (Wildman–Crippen LogP) is 4.60. The number of aromatic carboxylic acids is 1. The summed E-state index contributed by atoms with van der Waals surface area (Å²) < 4.78 is 5.15. The highest BCUT2D eigenvalue weighted by atomic mass is 16.6. The standard InChI is InChI=1S/C22H22N2O5/c1-29-17-8-7-13(10-16(17)24(27)28)20-19-12-6-5-11(9-12)18(19)14-3-2-4-15(22(25)26)21(14)23-20/h2-4,7-8,10-12,18-20,23H,5-6,9H2,1H3,(H,25,26)/t11-,12-,18+,19-,20-/m0/s1. The Hall–Kier alpha value is -3.09. The van der Waals surface area contributed by atoms with Crippen LogP contribution in [0, 0.1) is 27.9 Å². The summed E-state index contributed by atoms with van der Waals surface area (Å²) in [7, 11) is 1.42. The Bertz CT molecular complexity index is 1020. The molecule has 1 aliphatic heterocycles. The van der Waals surface area contributed by atoms with E-state index in [0.29, 0.717) is 23.4 Å². The van der Waals surface area contributed by atoms with Crippen LogP contribution in [0.4, 0.5) is 11.4 Å². The molecule has 2 fully saturated rings. The van der Waals surface area contributed by atoms with E-state index in [2.05, 4.69) is 5.32 Å². The summed E-state index contributed by atoms with van der Waals surface area (Å²) in [5.74, 6) is 0.950. The molecule has 2 aromatic rings. The van der Waals surface area contributed by atoms with Gasteiger partial charge in [-0.25, -0.2) is 4.79 Å². The zero-order chi connectivity index (χ0) is 20.3. The number of fused-ring (bicyclic) bond motifs is 7. The van der Waals surface area contributed by atoms with Gasteiger partial charge in [0.05, 0.1) is 29.3 Å². The lowest BCUT2D eigenvalue weighted by Crippen LogP contribution is -2.36. The second-order valence-corrected chi connectivity index (χ2v) is 8.32. The van der Waals surface area contributed by atoms with Crippen molar-refractivity contribution < 1.29 is 19.6 Å². The fourth-order valence-corrected chi connectivity index (χ4v) is 6.06. The average Bonchev–Trinajstić information content (AvgIpc) is 3.34. The first-order chi connectivity index (χ1) is 14.0. The average molecular weight is 394 g/mol. The van der Waals surface area contributed by atoms with Gasteiger partial charge in [-0.15, -0.1) is 0 Å². The number of carbonyl (C=O) groups is 1. The van der Waals surface area contributed by atoms with E-state index in [4.69, 9.17) is 4.74 Å². The van der Waals surface area contributed by atoms with Crippen molar-refractivity contribution in [2.45, 2.75) is 31.2 Å². The van der Waals surface area contributed by atoms with Gasteiger partial charge in [0.15, 0.2) is 5.75 Å². The minimum atomic E-state index is -0.963. The molecule has 0 amide bonds. The molecule has 0 unspecified atom stereocenters. The molecule has 3 aliphatic rings. The van der Waals surface area contributed by atoms with Crippen molar-refractivity contribution in [3.63, 3.8) is 0 Å². The van der Waals surface area contributed by atoms with E-state index in [9.17, 15) is 20.0 Å². The number of para-hydroxylation sites is 1. The van der Waals surface area contributed by atoms with Gasteiger partial charge in [0.25, 0.3) is 0 Å². The van der Waals surface area contributed by atoms with Crippen molar-refractivity contribution in [1.29, 1.82) is 0 Å². The third kappa shape index (κ3) is 2.60. The molecular formula is C22H22N2O5. The Morgan fingerprint density at radius 1 is 1.24 bits per heavy atom. The zero-order valence-electron chi connectivity index (χ0n) is 16.0. The topological polar surface area (TPSA) is 102 Å². The molecule has 0 radical (unpaired) electrons. The van der Waals surface area contributed by atoms with Crippen LogP contribution in [0.2, 0.25) is 0 Å². The summed E-state index contributed by atoms with van der Waals surface area (Å²) in [6, 6.07) is 10.4. The lowest BCUT2D eigenvalue weighted by molar-refractivity contribution is -0.385. The highest BCUT2D eigenvalue weighted by Crippen LogP contribution is 2.64. The number of nitrogens with one attached hydrogen (secondary N) is 1. The number of nitro benzene ring substituents is 1. The molecule has 7 nitrogen and oxygen atoms in total. The highest BCUT2D eigenvalue weighted by molar-refractivity contribution is 5.95. The van der Waals surface area contributed by atoms with Crippen molar-refractivity contribution in [2.75, 3.05) is 12.4 Å². The number of ether oxygens (including phenoxy) is 1. The molecule has 5 atom stereocenters. The van der Waals surface area contributed by atoms with E-state index in [1.165, 1.54) is 7.11 Å². The summed E-state index contributed by atoms with van der Waals surface area (Å²) in [5, 5.41) is 24.7. The first-order valence-electron chi connectivity index (χ1n) is 9.94. The molecule has 0 aromatic heterocycles. The number of nitrogens with zero attached hydrogens (tertiary/aromatic N) is 1. The van der Waals surface area contributed by atoms with Gasteiger partial charge >= 0.3 is 11.7 Å². The van der Waals surface area contributed by atoms with E-state index in [0.717, 1.165) is 30.4 Å². The molecule has 2 aromatic carbocycles. The number of carboxylic acid groups (broad SMARTS) is 1. The molecule has 0 saturated heterocycles. The third-order valence-electron chi connectivity index (χ3n) is 7.11. The maximum atomic E-state index is 11.8. The zero-order valence-corrected chi connectivity index (χ0v) is 16.0. The van der Waals surface area contributed by atoms with E-state index < -0.39 is 10.9 Å². The van der Waals surface area contributed by atoms with Gasteiger partial charge in [-0.05, 0) is 66.2 Å². The summed E-state index contributed by atoms with van der Waals surface area (Å²) in [6.07, 6.45) is 3.47. The molecule has 2 bridgehead atoms. The number of anilines is 1. The Morgan fingerprint density at radius 3 is 2.76 bits per heavy atom. The molecule has 29 heavy (non-hydrogen) atoms. The van der Waals surface area contributed by atoms with Crippen molar-refractivity contribution in [3.05, 3.63) is 63.2 Å². The van der Waals surface area contributed by atoms with Crippen LogP contribution in [-0.2, 0) is 0 Å². The minimum Gasteiger partial charge on any atom is -0.490 e. The Kier molecular flexibility index (Phi) is 4.01. The third-order valence-corrected chi connectivity index (χ3v) is 7.11. The molecule has 0 spiro atoms. The molecule has 2 N–H and O–H groups in total. The number of rotatable bonds is 4. The van der Waals surface area contributed by atoms with Crippen LogP contribution >= 0.6 is 0 Å². The number of nitro groups is 1. The lowest BCUT2D eigenvalue weighted by atomic mass is 9.67. The van der Waals surface area contributed by atoms with Crippen molar-refractivity contribution in [3.8, 4) is 5.75 Å².